The van der Waals surface area contributed by atoms with Crippen molar-refractivity contribution in [3.8, 4) is 0 Å². The number of aromatic nitrogens is 2. The maximum atomic E-state index is 12.4. The third-order valence-electron chi connectivity index (χ3n) is 5.10. The lowest BCUT2D eigenvalue weighted by Crippen LogP contribution is -2.36. The number of carbonyl (C=O) groups excluding carboxylic acids is 1. The number of fused-ring (bicyclic) bond motifs is 3. The van der Waals surface area contributed by atoms with Gasteiger partial charge in [0.15, 0.2) is 0 Å². The maximum Gasteiger partial charge on any atom is 0.232 e. The van der Waals surface area contributed by atoms with Gasteiger partial charge in [0.05, 0.1) is 5.75 Å². The van der Waals surface area contributed by atoms with Gasteiger partial charge < -0.3 is 4.90 Å². The van der Waals surface area contributed by atoms with Crippen molar-refractivity contribution in [2.24, 2.45) is 5.92 Å². The largest absolute Gasteiger partial charge is 0.342 e. The summed E-state index contributed by atoms with van der Waals surface area (Å²) in [5.74, 6) is 1.51. The van der Waals surface area contributed by atoms with Crippen molar-refractivity contribution in [2.75, 3.05) is 18.8 Å². The minimum absolute atomic E-state index is 0.254. The molecule has 24 heavy (non-hydrogen) atoms. The highest BCUT2D eigenvalue weighted by Crippen LogP contribution is 2.40. The third kappa shape index (κ3) is 3.18. The summed E-state index contributed by atoms with van der Waals surface area (Å²) in [6.07, 6.45) is 8.72. The lowest BCUT2D eigenvalue weighted by molar-refractivity contribution is -0.129. The first kappa shape index (κ1) is 16.3. The predicted octanol–water partition coefficient (Wildman–Crippen LogP) is 3.92. The Kier molecular flexibility index (Phi) is 4.77. The van der Waals surface area contributed by atoms with Crippen LogP contribution in [-0.2, 0) is 17.6 Å². The summed E-state index contributed by atoms with van der Waals surface area (Å²) in [7, 11) is 0. The normalized spacial score (nSPS) is 21.0. The van der Waals surface area contributed by atoms with Crippen LogP contribution in [-0.4, -0.2) is 39.6 Å². The molecule has 1 fully saturated rings. The highest BCUT2D eigenvalue weighted by atomic mass is 32.2. The van der Waals surface area contributed by atoms with Gasteiger partial charge in [0, 0.05) is 23.4 Å². The van der Waals surface area contributed by atoms with Gasteiger partial charge in [-0.15, -0.1) is 11.3 Å². The lowest BCUT2D eigenvalue weighted by Gasteiger charge is -2.26. The van der Waals surface area contributed by atoms with Gasteiger partial charge in [-0.1, -0.05) is 18.7 Å². The SMILES string of the molecule is C[C@@H]1CCc2c(sc3ncnc(SCC(=O)N4CCCCC4)c23)C1. The van der Waals surface area contributed by atoms with Crippen molar-refractivity contribution in [1.29, 1.82) is 0 Å². The molecule has 1 saturated heterocycles. The molecule has 6 heteroatoms. The minimum atomic E-state index is 0.254. The molecular weight excluding hydrogens is 338 g/mol. The average molecular weight is 362 g/mol. The Balaban J connectivity index is 1.55. The molecule has 1 atom stereocenters. The van der Waals surface area contributed by atoms with Crippen molar-refractivity contribution in [3.05, 3.63) is 16.8 Å². The van der Waals surface area contributed by atoms with E-state index < -0.39 is 0 Å². The van der Waals surface area contributed by atoms with E-state index in [9.17, 15) is 4.79 Å². The van der Waals surface area contributed by atoms with Gasteiger partial charge in [-0.25, -0.2) is 9.97 Å². The van der Waals surface area contributed by atoms with Gasteiger partial charge in [-0.05, 0) is 50.0 Å². The first-order chi connectivity index (χ1) is 11.7. The first-order valence-electron chi connectivity index (χ1n) is 8.88. The summed E-state index contributed by atoms with van der Waals surface area (Å²) < 4.78 is 0. The van der Waals surface area contributed by atoms with Crippen LogP contribution in [0.1, 0.15) is 43.0 Å². The molecule has 128 valence electrons. The smallest absolute Gasteiger partial charge is 0.232 e. The Labute approximate surface area is 151 Å². The zero-order valence-corrected chi connectivity index (χ0v) is 15.7. The van der Waals surface area contributed by atoms with Crippen molar-refractivity contribution in [2.45, 2.75) is 50.5 Å². The number of amides is 1. The molecule has 0 spiro atoms. The van der Waals surface area contributed by atoms with Crippen molar-refractivity contribution in [3.63, 3.8) is 0 Å². The van der Waals surface area contributed by atoms with E-state index in [-0.39, 0.29) is 5.91 Å². The number of likely N-dealkylation sites (tertiary alicyclic amines) is 1. The van der Waals surface area contributed by atoms with E-state index in [1.165, 1.54) is 28.7 Å². The number of thioether (sulfide) groups is 1. The van der Waals surface area contributed by atoms with Crippen molar-refractivity contribution < 1.29 is 4.79 Å². The molecule has 0 unspecified atom stereocenters. The molecule has 1 amide bonds. The molecule has 0 bridgehead atoms. The fourth-order valence-electron chi connectivity index (χ4n) is 3.72. The summed E-state index contributed by atoms with van der Waals surface area (Å²) in [5, 5.41) is 2.22. The predicted molar refractivity (Wildman–Crippen MR) is 99.8 cm³/mol. The highest BCUT2D eigenvalue weighted by molar-refractivity contribution is 8.00. The van der Waals surface area contributed by atoms with E-state index in [0.717, 1.165) is 54.5 Å². The quantitative estimate of drug-likeness (QED) is 0.614. The summed E-state index contributed by atoms with van der Waals surface area (Å²) in [4.78, 5) is 26.0. The van der Waals surface area contributed by atoms with Crippen LogP contribution >= 0.6 is 23.1 Å². The van der Waals surface area contributed by atoms with Gasteiger partial charge >= 0.3 is 0 Å². The van der Waals surface area contributed by atoms with E-state index in [2.05, 4.69) is 16.9 Å². The van der Waals surface area contributed by atoms with Gasteiger partial charge in [-0.2, -0.15) is 0 Å². The number of nitrogens with zero attached hydrogens (tertiary/aromatic N) is 3. The molecule has 4 nitrogen and oxygen atoms in total. The Morgan fingerprint density at radius 3 is 3.00 bits per heavy atom. The summed E-state index contributed by atoms with van der Waals surface area (Å²) >= 11 is 3.41. The number of carbonyl (C=O) groups is 1. The molecule has 2 aromatic rings. The molecular formula is C18H23N3OS2. The highest BCUT2D eigenvalue weighted by Gasteiger charge is 2.24. The second-order valence-corrected chi connectivity index (χ2v) is 8.99. The zero-order valence-electron chi connectivity index (χ0n) is 14.1. The Morgan fingerprint density at radius 1 is 1.33 bits per heavy atom. The second-order valence-electron chi connectivity index (χ2n) is 6.94. The summed E-state index contributed by atoms with van der Waals surface area (Å²) in [6, 6.07) is 0. The molecule has 0 N–H and O–H groups in total. The van der Waals surface area contributed by atoms with Gasteiger partial charge in [0.25, 0.3) is 0 Å². The van der Waals surface area contributed by atoms with Crippen LogP contribution in [0, 0.1) is 5.92 Å². The number of rotatable bonds is 3. The van der Waals surface area contributed by atoms with Gasteiger partial charge in [0.2, 0.25) is 5.91 Å². The fourth-order valence-corrected chi connectivity index (χ4v) is 6.06. The standard InChI is InChI=1S/C18H23N3OS2/c1-12-5-6-13-14(9-12)24-18-16(13)17(19-11-20-18)23-10-15(22)21-7-3-2-4-8-21/h11-12H,2-10H2,1H3/t12-/m1/s1. The molecule has 0 saturated carbocycles. The van der Waals surface area contributed by atoms with Gasteiger partial charge in [-0.3, -0.25) is 4.79 Å². The van der Waals surface area contributed by atoms with Crippen LogP contribution < -0.4 is 0 Å². The molecule has 1 aliphatic carbocycles. The van der Waals surface area contributed by atoms with E-state index >= 15 is 0 Å². The molecule has 2 aliphatic rings. The topological polar surface area (TPSA) is 46.1 Å². The maximum absolute atomic E-state index is 12.4. The molecule has 3 heterocycles. The Morgan fingerprint density at radius 2 is 2.17 bits per heavy atom. The van der Waals surface area contributed by atoms with Crippen LogP contribution in [0.5, 0.6) is 0 Å². The van der Waals surface area contributed by atoms with Crippen molar-refractivity contribution >= 4 is 39.2 Å². The number of aryl methyl sites for hydroxylation is 1. The van der Waals surface area contributed by atoms with Crippen LogP contribution in [0.15, 0.2) is 11.4 Å². The molecule has 0 radical (unpaired) electrons. The van der Waals surface area contributed by atoms with E-state index in [4.69, 9.17) is 0 Å². The molecule has 0 aromatic carbocycles. The lowest BCUT2D eigenvalue weighted by atomic mass is 9.89. The average Bonchev–Trinajstić information content (AvgIpc) is 2.98. The third-order valence-corrected chi connectivity index (χ3v) is 7.23. The van der Waals surface area contributed by atoms with Crippen molar-refractivity contribution in [1.82, 2.24) is 14.9 Å². The molecule has 4 rings (SSSR count). The number of hydrogen-bond acceptors (Lipinski definition) is 5. The second kappa shape index (κ2) is 7.00. The summed E-state index contributed by atoms with van der Waals surface area (Å²) in [6.45, 7) is 4.17. The number of thiophene rings is 1. The molecule has 2 aromatic heterocycles. The van der Waals surface area contributed by atoms with Gasteiger partial charge in [0.1, 0.15) is 16.2 Å². The first-order valence-corrected chi connectivity index (χ1v) is 10.7. The van der Waals surface area contributed by atoms with Crippen LogP contribution in [0.4, 0.5) is 0 Å². The number of hydrogen-bond donors (Lipinski definition) is 0. The Hall–Kier alpha value is -1.14. The summed E-state index contributed by atoms with van der Waals surface area (Å²) in [5.41, 5.74) is 1.45. The zero-order chi connectivity index (χ0) is 16.5. The van der Waals surface area contributed by atoms with Crippen LogP contribution in [0.25, 0.3) is 10.2 Å². The number of piperidine rings is 1. The monoisotopic (exact) mass is 361 g/mol. The van der Waals surface area contributed by atoms with Crippen LogP contribution in [0.2, 0.25) is 0 Å². The van der Waals surface area contributed by atoms with E-state index in [1.807, 2.05) is 16.2 Å². The van der Waals surface area contributed by atoms with Crippen LogP contribution in [0.3, 0.4) is 0 Å². The minimum Gasteiger partial charge on any atom is -0.342 e. The fraction of sp³-hybridized carbons (Fsp3) is 0.611. The van der Waals surface area contributed by atoms with E-state index in [0.29, 0.717) is 5.75 Å². The van der Waals surface area contributed by atoms with E-state index in [1.54, 1.807) is 18.1 Å². The molecule has 1 aliphatic heterocycles. The Bertz CT molecular complexity index is 752.